The van der Waals surface area contributed by atoms with Gasteiger partial charge in [0.05, 0.1) is 6.20 Å². The van der Waals surface area contributed by atoms with E-state index >= 15 is 0 Å². The highest BCUT2D eigenvalue weighted by Gasteiger charge is 2.38. The van der Waals surface area contributed by atoms with Gasteiger partial charge in [0, 0.05) is 42.8 Å². The maximum Gasteiger partial charge on any atom is 0.224 e. The van der Waals surface area contributed by atoms with Gasteiger partial charge in [-0.15, -0.1) is 0 Å². The average Bonchev–Trinajstić information content (AvgIpc) is 3.20. The van der Waals surface area contributed by atoms with Crippen LogP contribution in [0.2, 0.25) is 0 Å². The fourth-order valence-electron chi connectivity index (χ4n) is 4.94. The summed E-state index contributed by atoms with van der Waals surface area (Å²) in [6.45, 7) is 3.15. The Morgan fingerprint density at radius 2 is 1.78 bits per heavy atom. The number of carbonyl (C=O) groups excluding carboxylic acids is 1. The number of amides is 1. The van der Waals surface area contributed by atoms with Crippen LogP contribution in [0.4, 0.5) is 30.8 Å². The lowest BCUT2D eigenvalue weighted by atomic mass is 9.73. The molecule has 1 aliphatic carbocycles. The normalized spacial score (nSPS) is 23.1. The van der Waals surface area contributed by atoms with Crippen molar-refractivity contribution in [2.75, 3.05) is 23.8 Å². The van der Waals surface area contributed by atoms with E-state index in [1.807, 2.05) is 6.92 Å². The van der Waals surface area contributed by atoms with Crippen LogP contribution >= 0.6 is 0 Å². The van der Waals surface area contributed by atoms with Gasteiger partial charge < -0.3 is 21.1 Å². The molecular weight excluding hydrogens is 475 g/mol. The van der Waals surface area contributed by atoms with Gasteiger partial charge in [0.2, 0.25) is 17.8 Å². The molecule has 1 aliphatic heterocycles. The molecule has 0 atom stereocenters. The molecule has 192 valence electrons. The molecule has 1 amide bonds. The number of imidazole rings is 1. The maximum atomic E-state index is 14.5. The number of aromatic nitrogens is 4. The molecule has 5 rings (SSSR count). The lowest BCUT2D eigenvalue weighted by molar-refractivity contribution is -0.128. The number of halogens is 3. The molecule has 0 unspecified atom stereocenters. The van der Waals surface area contributed by atoms with Crippen LogP contribution in [0.1, 0.15) is 51.5 Å². The predicted molar refractivity (Wildman–Crippen MR) is 127 cm³/mol. The third kappa shape index (κ3) is 4.69. The number of nitrogens with one attached hydrogen (secondary N) is 2. The van der Waals surface area contributed by atoms with Gasteiger partial charge >= 0.3 is 0 Å². The van der Waals surface area contributed by atoms with E-state index in [9.17, 15) is 18.0 Å². The smallest absolute Gasteiger partial charge is 0.224 e. The first-order valence-corrected chi connectivity index (χ1v) is 12.0. The summed E-state index contributed by atoms with van der Waals surface area (Å²) in [5.74, 6) is -2.96. The van der Waals surface area contributed by atoms with Crippen LogP contribution in [0.25, 0.3) is 11.2 Å². The molecule has 4 N–H and O–H groups in total. The number of nitrogens with two attached hydrogens (primary N) is 1. The zero-order valence-electron chi connectivity index (χ0n) is 19.9. The lowest BCUT2D eigenvalue weighted by Crippen LogP contribution is -2.38. The standard InChI is InChI=1S/C24H28F3N7O2/c1-24(21(28)35)6-2-15(3-7-24)34-20-18(12-29-22(33-20)30-14-4-8-36-9-5-14)31-23(34)32-19-16(26)10-13(25)11-17(19)27/h10-12,14-15H,2-9H2,1H3,(H2,28,35)(H,31,32)(H,29,30,33). The van der Waals surface area contributed by atoms with Crippen LogP contribution in [0, 0.1) is 22.9 Å². The number of benzene rings is 1. The number of hydrogen-bond donors (Lipinski definition) is 3. The fourth-order valence-corrected chi connectivity index (χ4v) is 4.94. The van der Waals surface area contributed by atoms with Gasteiger partial charge in [-0.1, -0.05) is 6.92 Å². The predicted octanol–water partition coefficient (Wildman–Crippen LogP) is 4.18. The zero-order chi connectivity index (χ0) is 25.4. The van der Waals surface area contributed by atoms with E-state index in [0.29, 0.717) is 68.1 Å². The van der Waals surface area contributed by atoms with Gasteiger partial charge in [-0.3, -0.25) is 9.36 Å². The van der Waals surface area contributed by atoms with E-state index in [2.05, 4.69) is 20.6 Å². The Labute approximate surface area is 205 Å². The largest absolute Gasteiger partial charge is 0.381 e. The number of fused-ring (bicyclic) bond motifs is 1. The van der Waals surface area contributed by atoms with Crippen molar-refractivity contribution in [3.8, 4) is 0 Å². The molecule has 36 heavy (non-hydrogen) atoms. The topological polar surface area (TPSA) is 120 Å². The minimum atomic E-state index is -1.08. The molecule has 2 aromatic heterocycles. The van der Waals surface area contributed by atoms with Crippen LogP contribution in [-0.4, -0.2) is 44.7 Å². The first-order chi connectivity index (χ1) is 17.2. The molecule has 2 fully saturated rings. The molecule has 1 saturated carbocycles. The van der Waals surface area contributed by atoms with Crippen LogP contribution < -0.4 is 16.4 Å². The Morgan fingerprint density at radius 1 is 1.11 bits per heavy atom. The third-order valence-electron chi connectivity index (χ3n) is 7.25. The summed E-state index contributed by atoms with van der Waals surface area (Å²) in [7, 11) is 0. The summed E-state index contributed by atoms with van der Waals surface area (Å²) >= 11 is 0. The van der Waals surface area contributed by atoms with Crippen molar-refractivity contribution >= 4 is 34.7 Å². The quantitative estimate of drug-likeness (QED) is 0.461. The molecule has 3 aromatic rings. The minimum Gasteiger partial charge on any atom is -0.381 e. The number of primary amides is 1. The average molecular weight is 504 g/mol. The molecular formula is C24H28F3N7O2. The van der Waals surface area contributed by atoms with Crippen molar-refractivity contribution in [3.05, 3.63) is 35.8 Å². The third-order valence-corrected chi connectivity index (χ3v) is 7.25. The lowest BCUT2D eigenvalue weighted by Gasteiger charge is -2.35. The van der Waals surface area contributed by atoms with E-state index in [-0.39, 0.29) is 23.9 Å². The number of hydrogen-bond acceptors (Lipinski definition) is 7. The van der Waals surface area contributed by atoms with E-state index in [1.165, 1.54) is 0 Å². The van der Waals surface area contributed by atoms with Gasteiger partial charge in [-0.2, -0.15) is 4.98 Å². The summed E-state index contributed by atoms with van der Waals surface area (Å²) in [6.07, 6.45) is 5.46. The zero-order valence-corrected chi connectivity index (χ0v) is 19.9. The molecule has 1 aromatic carbocycles. The first-order valence-electron chi connectivity index (χ1n) is 12.0. The van der Waals surface area contributed by atoms with Crippen LogP contribution in [-0.2, 0) is 9.53 Å². The number of rotatable bonds is 6. The molecule has 0 radical (unpaired) electrons. The number of ether oxygens (including phenoxy) is 1. The van der Waals surface area contributed by atoms with Crippen molar-refractivity contribution in [3.63, 3.8) is 0 Å². The van der Waals surface area contributed by atoms with Crippen molar-refractivity contribution in [1.29, 1.82) is 0 Å². The number of anilines is 3. The van der Waals surface area contributed by atoms with Crippen LogP contribution in [0.15, 0.2) is 18.3 Å². The summed E-state index contributed by atoms with van der Waals surface area (Å²) < 4.78 is 49.6. The van der Waals surface area contributed by atoms with Crippen molar-refractivity contribution < 1.29 is 22.7 Å². The van der Waals surface area contributed by atoms with Gasteiger partial charge in [0.1, 0.15) is 17.0 Å². The molecule has 12 heteroatoms. The Balaban J connectivity index is 1.53. The van der Waals surface area contributed by atoms with E-state index in [4.69, 9.17) is 15.5 Å². The first kappa shape index (κ1) is 24.3. The van der Waals surface area contributed by atoms with Crippen molar-refractivity contribution in [1.82, 2.24) is 19.5 Å². The van der Waals surface area contributed by atoms with E-state index in [0.717, 1.165) is 12.8 Å². The summed E-state index contributed by atoms with van der Waals surface area (Å²) in [6, 6.07) is 1.21. The highest BCUT2D eigenvalue weighted by Crippen LogP contribution is 2.43. The van der Waals surface area contributed by atoms with Crippen LogP contribution in [0.3, 0.4) is 0 Å². The minimum absolute atomic E-state index is 0.152. The van der Waals surface area contributed by atoms with Gasteiger partial charge in [-0.05, 0) is 38.5 Å². The monoisotopic (exact) mass is 503 g/mol. The van der Waals surface area contributed by atoms with E-state index < -0.39 is 28.6 Å². The van der Waals surface area contributed by atoms with E-state index in [1.54, 1.807) is 10.8 Å². The SMILES string of the molecule is CC1(C(N)=O)CCC(n2c(Nc3c(F)cc(F)cc3F)nc3cnc(NC4CCOCC4)nc32)CC1. The Kier molecular flexibility index (Phi) is 6.45. The Hall–Kier alpha value is -3.41. The molecule has 1 saturated heterocycles. The Bertz CT molecular complexity index is 1260. The van der Waals surface area contributed by atoms with Crippen LogP contribution in [0.5, 0.6) is 0 Å². The molecule has 0 spiro atoms. The van der Waals surface area contributed by atoms with Gasteiger partial charge in [0.15, 0.2) is 17.3 Å². The summed E-state index contributed by atoms with van der Waals surface area (Å²) in [5.41, 5.74) is 5.40. The van der Waals surface area contributed by atoms with Gasteiger partial charge in [-0.25, -0.2) is 23.1 Å². The fraction of sp³-hybridized carbons (Fsp3) is 0.500. The number of carbonyl (C=O) groups is 1. The second kappa shape index (κ2) is 9.57. The summed E-state index contributed by atoms with van der Waals surface area (Å²) in [5, 5.41) is 6.03. The second-order valence-electron chi connectivity index (χ2n) is 9.76. The second-order valence-corrected chi connectivity index (χ2v) is 9.76. The molecule has 3 heterocycles. The Morgan fingerprint density at radius 3 is 2.42 bits per heavy atom. The van der Waals surface area contributed by atoms with Crippen molar-refractivity contribution in [2.24, 2.45) is 11.1 Å². The molecule has 0 bridgehead atoms. The maximum absolute atomic E-state index is 14.5. The van der Waals surface area contributed by atoms with Crippen molar-refractivity contribution in [2.45, 2.75) is 57.5 Å². The highest BCUT2D eigenvalue weighted by atomic mass is 19.1. The molecule has 2 aliphatic rings. The number of nitrogens with zero attached hydrogens (tertiary/aromatic N) is 4. The molecule has 9 nitrogen and oxygen atoms in total. The van der Waals surface area contributed by atoms with Gasteiger partial charge in [0.25, 0.3) is 0 Å². The highest BCUT2D eigenvalue weighted by molar-refractivity contribution is 5.80. The summed E-state index contributed by atoms with van der Waals surface area (Å²) in [4.78, 5) is 25.5.